The van der Waals surface area contributed by atoms with Crippen LogP contribution in [0.1, 0.15) is 34.2 Å². The van der Waals surface area contributed by atoms with Gasteiger partial charge in [0.15, 0.2) is 12.4 Å². The Labute approximate surface area is 180 Å². The van der Waals surface area contributed by atoms with Crippen molar-refractivity contribution in [2.75, 3.05) is 11.9 Å². The molecule has 4 rings (SSSR count). The summed E-state index contributed by atoms with van der Waals surface area (Å²) in [6, 6.07) is 22.1. The fraction of sp³-hybridized carbons (Fsp3) is 0.154. The summed E-state index contributed by atoms with van der Waals surface area (Å²) in [6.45, 7) is 3.86. The summed E-state index contributed by atoms with van der Waals surface area (Å²) in [7, 11) is 0. The summed E-state index contributed by atoms with van der Waals surface area (Å²) in [5, 5.41) is 3.48. The lowest BCUT2D eigenvalue weighted by Gasteiger charge is -2.09. The van der Waals surface area contributed by atoms with Crippen molar-refractivity contribution in [3.8, 4) is 5.75 Å². The van der Waals surface area contributed by atoms with Gasteiger partial charge in [0, 0.05) is 10.9 Å². The minimum Gasteiger partial charge on any atom is -0.484 e. The minimum atomic E-state index is -0.371. The lowest BCUT2D eigenvalue weighted by molar-refractivity contribution is -0.118. The van der Waals surface area contributed by atoms with Crippen molar-refractivity contribution in [3.63, 3.8) is 0 Å². The summed E-state index contributed by atoms with van der Waals surface area (Å²) < 4.78 is 11.4. The first-order valence-corrected chi connectivity index (χ1v) is 10.2. The highest BCUT2D eigenvalue weighted by molar-refractivity contribution is 6.17. The molecule has 1 N–H and O–H groups in total. The number of para-hydroxylation sites is 1. The normalized spacial score (nSPS) is 10.8. The summed E-state index contributed by atoms with van der Waals surface area (Å²) in [5.74, 6) is 0.0534. The van der Waals surface area contributed by atoms with Gasteiger partial charge in [-0.1, -0.05) is 61.0 Å². The number of amides is 1. The van der Waals surface area contributed by atoms with Crippen molar-refractivity contribution in [2.45, 2.75) is 20.3 Å². The highest BCUT2D eigenvalue weighted by Gasteiger charge is 2.23. The van der Waals surface area contributed by atoms with E-state index in [0.29, 0.717) is 28.0 Å². The number of rotatable bonds is 7. The van der Waals surface area contributed by atoms with Crippen LogP contribution in [0.5, 0.6) is 5.75 Å². The van der Waals surface area contributed by atoms with Crippen molar-refractivity contribution in [3.05, 3.63) is 95.2 Å². The SMILES string of the molecule is CCc1ccc(OCC(=O)Nc2c(C(=O)c3ccc(C)cc3)oc3ccccc23)cc1. The molecule has 3 aromatic carbocycles. The van der Waals surface area contributed by atoms with Crippen molar-refractivity contribution in [2.24, 2.45) is 0 Å². The van der Waals surface area contributed by atoms with E-state index < -0.39 is 0 Å². The Kier molecular flexibility index (Phi) is 5.85. The molecule has 31 heavy (non-hydrogen) atoms. The van der Waals surface area contributed by atoms with E-state index in [-0.39, 0.29) is 24.1 Å². The zero-order valence-electron chi connectivity index (χ0n) is 17.5. The summed E-state index contributed by atoms with van der Waals surface area (Å²) in [5.41, 5.74) is 3.63. The number of furan rings is 1. The fourth-order valence-electron chi connectivity index (χ4n) is 3.31. The van der Waals surface area contributed by atoms with Gasteiger partial charge in [-0.15, -0.1) is 0 Å². The van der Waals surface area contributed by atoms with Crippen LogP contribution in [0.2, 0.25) is 0 Å². The maximum atomic E-state index is 13.1. The monoisotopic (exact) mass is 413 g/mol. The molecule has 1 amide bonds. The van der Waals surface area contributed by atoms with Crippen molar-refractivity contribution in [1.29, 1.82) is 0 Å². The van der Waals surface area contributed by atoms with Crippen molar-refractivity contribution in [1.82, 2.24) is 0 Å². The van der Waals surface area contributed by atoms with Gasteiger partial charge in [-0.05, 0) is 43.2 Å². The van der Waals surface area contributed by atoms with Gasteiger partial charge in [0.05, 0.1) is 5.69 Å². The van der Waals surface area contributed by atoms with Crippen molar-refractivity contribution < 1.29 is 18.7 Å². The Morgan fingerprint density at radius 3 is 2.35 bits per heavy atom. The predicted octanol–water partition coefficient (Wildman–Crippen LogP) is 5.55. The molecule has 0 unspecified atom stereocenters. The number of nitrogens with one attached hydrogen (secondary N) is 1. The quantitative estimate of drug-likeness (QED) is 0.403. The second kappa shape index (κ2) is 8.88. The number of carbonyl (C=O) groups excluding carboxylic acids is 2. The number of carbonyl (C=O) groups is 2. The van der Waals surface area contributed by atoms with Crippen LogP contribution in [0.15, 0.2) is 77.2 Å². The molecule has 0 saturated carbocycles. The lowest BCUT2D eigenvalue weighted by Crippen LogP contribution is -2.21. The largest absolute Gasteiger partial charge is 0.484 e. The third kappa shape index (κ3) is 4.51. The van der Waals surface area contributed by atoms with E-state index in [1.54, 1.807) is 18.2 Å². The molecule has 4 aromatic rings. The topological polar surface area (TPSA) is 68.5 Å². The van der Waals surface area contributed by atoms with E-state index in [1.165, 1.54) is 5.56 Å². The zero-order chi connectivity index (χ0) is 21.8. The molecule has 0 radical (unpaired) electrons. The Bertz CT molecular complexity index is 1220. The Morgan fingerprint density at radius 2 is 1.65 bits per heavy atom. The molecule has 1 aromatic heterocycles. The van der Waals surface area contributed by atoms with Crippen LogP contribution in [0.3, 0.4) is 0 Å². The van der Waals surface area contributed by atoms with Gasteiger partial charge >= 0.3 is 0 Å². The summed E-state index contributed by atoms with van der Waals surface area (Å²) in [4.78, 5) is 25.7. The highest BCUT2D eigenvalue weighted by atomic mass is 16.5. The van der Waals surface area contributed by atoms with Gasteiger partial charge in [0.2, 0.25) is 5.78 Å². The van der Waals surface area contributed by atoms with Crippen LogP contribution >= 0.6 is 0 Å². The molecule has 0 aliphatic heterocycles. The molecule has 0 atom stereocenters. The number of fused-ring (bicyclic) bond motifs is 1. The average Bonchev–Trinajstić information content (AvgIpc) is 3.16. The first kappa shape index (κ1) is 20.4. The molecule has 156 valence electrons. The van der Waals surface area contributed by atoms with Crippen molar-refractivity contribution >= 4 is 28.3 Å². The van der Waals surface area contributed by atoms with E-state index in [2.05, 4.69) is 12.2 Å². The summed E-state index contributed by atoms with van der Waals surface area (Å²) in [6.07, 6.45) is 0.937. The number of ether oxygens (including phenoxy) is 1. The molecular formula is C26H23NO4. The minimum absolute atomic E-state index is 0.103. The standard InChI is InChI=1S/C26H23NO4/c1-3-18-10-14-20(15-11-18)30-16-23(28)27-24-21-6-4-5-7-22(21)31-26(24)25(29)19-12-8-17(2)9-13-19/h4-15H,3,16H2,1-2H3,(H,27,28). The van der Waals surface area contributed by atoms with E-state index in [0.717, 1.165) is 12.0 Å². The van der Waals surface area contributed by atoms with E-state index in [9.17, 15) is 9.59 Å². The van der Waals surface area contributed by atoms with Crippen LogP contribution in [0.4, 0.5) is 5.69 Å². The smallest absolute Gasteiger partial charge is 0.262 e. The Hall–Kier alpha value is -3.86. The molecule has 0 fully saturated rings. The number of anilines is 1. The molecule has 0 bridgehead atoms. The second-order valence-electron chi connectivity index (χ2n) is 7.33. The molecule has 0 aliphatic carbocycles. The molecule has 5 nitrogen and oxygen atoms in total. The maximum Gasteiger partial charge on any atom is 0.262 e. The molecule has 0 spiro atoms. The van der Waals surface area contributed by atoms with Gasteiger partial charge in [-0.2, -0.15) is 0 Å². The number of ketones is 1. The number of hydrogen-bond acceptors (Lipinski definition) is 4. The van der Waals surface area contributed by atoms with Gasteiger partial charge in [0.1, 0.15) is 11.3 Å². The van der Waals surface area contributed by atoms with Crippen LogP contribution in [0.25, 0.3) is 11.0 Å². The van der Waals surface area contributed by atoms with E-state index >= 15 is 0 Å². The van der Waals surface area contributed by atoms with Gasteiger partial charge < -0.3 is 14.5 Å². The molecule has 1 heterocycles. The number of benzene rings is 3. The van der Waals surface area contributed by atoms with Crippen LogP contribution in [-0.2, 0) is 11.2 Å². The molecule has 0 saturated heterocycles. The maximum absolute atomic E-state index is 13.1. The molecule has 5 heteroatoms. The third-order valence-electron chi connectivity index (χ3n) is 5.08. The van der Waals surface area contributed by atoms with Crippen LogP contribution in [-0.4, -0.2) is 18.3 Å². The zero-order valence-corrected chi connectivity index (χ0v) is 17.5. The lowest BCUT2D eigenvalue weighted by atomic mass is 10.1. The van der Waals surface area contributed by atoms with Gasteiger partial charge in [-0.25, -0.2) is 0 Å². The number of aryl methyl sites for hydroxylation is 2. The van der Waals surface area contributed by atoms with E-state index in [4.69, 9.17) is 9.15 Å². The van der Waals surface area contributed by atoms with Crippen LogP contribution in [0, 0.1) is 6.92 Å². The highest BCUT2D eigenvalue weighted by Crippen LogP contribution is 2.32. The van der Waals surface area contributed by atoms with Crippen LogP contribution < -0.4 is 10.1 Å². The average molecular weight is 413 g/mol. The Balaban J connectivity index is 1.57. The first-order valence-electron chi connectivity index (χ1n) is 10.2. The van der Waals surface area contributed by atoms with Gasteiger partial charge in [-0.3, -0.25) is 9.59 Å². The third-order valence-corrected chi connectivity index (χ3v) is 5.08. The van der Waals surface area contributed by atoms with Gasteiger partial charge in [0.25, 0.3) is 5.91 Å². The second-order valence-corrected chi connectivity index (χ2v) is 7.33. The summed E-state index contributed by atoms with van der Waals surface area (Å²) >= 11 is 0. The fourth-order valence-corrected chi connectivity index (χ4v) is 3.31. The van der Waals surface area contributed by atoms with E-state index in [1.807, 2.05) is 61.5 Å². The number of hydrogen-bond donors (Lipinski definition) is 1. The molecule has 0 aliphatic rings. The Morgan fingerprint density at radius 1 is 0.935 bits per heavy atom. The predicted molar refractivity (Wildman–Crippen MR) is 121 cm³/mol. The first-order chi connectivity index (χ1) is 15.0. The molecular weight excluding hydrogens is 390 g/mol.